The number of nitrogens with zero attached hydrogens (tertiary/aromatic N) is 2. The number of hydrogen-bond donors (Lipinski definition) is 2. The van der Waals surface area contributed by atoms with Gasteiger partial charge in [0.1, 0.15) is 11.6 Å². The maximum absolute atomic E-state index is 14.2. The zero-order valence-electron chi connectivity index (χ0n) is 23.3. The van der Waals surface area contributed by atoms with Crippen molar-refractivity contribution in [2.24, 2.45) is 17.8 Å². The molecule has 3 saturated heterocycles. The van der Waals surface area contributed by atoms with Crippen LogP contribution < -0.4 is 10.6 Å². The molecule has 0 aromatic heterocycles. The van der Waals surface area contributed by atoms with Gasteiger partial charge in [0.2, 0.25) is 17.7 Å². The number of rotatable bonds is 8. The predicted octanol–water partition coefficient (Wildman–Crippen LogP) is 4.11. The summed E-state index contributed by atoms with van der Waals surface area (Å²) >= 11 is 3.43. The third kappa shape index (κ3) is 5.25. The second-order valence-corrected chi connectivity index (χ2v) is 13.4. The van der Waals surface area contributed by atoms with Crippen molar-refractivity contribution in [3.63, 3.8) is 0 Å². The molecule has 1 saturated carbocycles. The summed E-state index contributed by atoms with van der Waals surface area (Å²) in [6, 6.07) is 6.75. The zero-order valence-corrected chi connectivity index (χ0v) is 24.9. The van der Waals surface area contributed by atoms with E-state index >= 15 is 0 Å². The average Bonchev–Trinajstić information content (AvgIpc) is 3.58. The topological polar surface area (TPSA) is 91.0 Å². The maximum atomic E-state index is 14.2. The highest BCUT2D eigenvalue weighted by atomic mass is 79.9. The second-order valence-electron chi connectivity index (χ2n) is 12.5. The van der Waals surface area contributed by atoms with Crippen molar-refractivity contribution in [2.75, 3.05) is 31.5 Å². The lowest BCUT2D eigenvalue weighted by molar-refractivity contribution is -0.141. The number of carbonyl (C=O) groups excluding carboxylic acids is 3. The third-order valence-electron chi connectivity index (χ3n) is 9.60. The Bertz CT molecular complexity index is 1150. The molecule has 4 heterocycles. The van der Waals surface area contributed by atoms with Crippen molar-refractivity contribution in [1.29, 1.82) is 0 Å². The number of fused-ring (bicyclic) bond motifs is 1. The number of anilines is 1. The smallest absolute Gasteiger partial charge is 0.246 e. The van der Waals surface area contributed by atoms with E-state index in [0.29, 0.717) is 18.2 Å². The van der Waals surface area contributed by atoms with Crippen LogP contribution in [0, 0.1) is 17.8 Å². The van der Waals surface area contributed by atoms with Gasteiger partial charge >= 0.3 is 0 Å². The molecule has 4 fully saturated rings. The normalized spacial score (nSPS) is 33.8. The number of carbonyl (C=O) groups is 3. The van der Waals surface area contributed by atoms with Crippen molar-refractivity contribution in [2.45, 2.75) is 82.1 Å². The maximum Gasteiger partial charge on any atom is 0.246 e. The Labute approximate surface area is 245 Å². The molecular weight excluding hydrogens is 572 g/mol. The van der Waals surface area contributed by atoms with E-state index in [1.165, 1.54) is 19.3 Å². The molecule has 1 spiro atoms. The molecule has 1 aliphatic carbocycles. The summed E-state index contributed by atoms with van der Waals surface area (Å²) in [6.45, 7) is 5.84. The first kappa shape index (κ1) is 27.9. The van der Waals surface area contributed by atoms with Gasteiger partial charge in [0.05, 0.1) is 17.9 Å². The number of ether oxygens (including phenoxy) is 1. The average molecular weight is 614 g/mol. The van der Waals surface area contributed by atoms with E-state index < -0.39 is 29.6 Å². The van der Waals surface area contributed by atoms with Gasteiger partial charge in [-0.1, -0.05) is 54.3 Å². The van der Waals surface area contributed by atoms with Crippen molar-refractivity contribution in [3.05, 3.63) is 40.9 Å². The fourth-order valence-corrected chi connectivity index (χ4v) is 8.01. The van der Waals surface area contributed by atoms with Gasteiger partial charge in [-0.05, 0) is 75.4 Å². The van der Waals surface area contributed by atoms with Crippen LogP contribution in [-0.2, 0) is 19.1 Å². The molecule has 0 unspecified atom stereocenters. The summed E-state index contributed by atoms with van der Waals surface area (Å²) in [4.78, 5) is 45.9. The van der Waals surface area contributed by atoms with E-state index in [2.05, 4.69) is 38.4 Å². The van der Waals surface area contributed by atoms with Crippen LogP contribution in [0.25, 0.3) is 0 Å². The minimum absolute atomic E-state index is 0.127. The molecule has 1 aromatic carbocycles. The largest absolute Gasteiger partial charge is 0.359 e. The minimum atomic E-state index is -1.11. The fraction of sp³-hybridized carbons (Fsp3) is 0.645. The minimum Gasteiger partial charge on any atom is -0.359 e. The van der Waals surface area contributed by atoms with Crippen LogP contribution in [0.5, 0.6) is 0 Å². The Kier molecular flexibility index (Phi) is 8.07. The second kappa shape index (κ2) is 11.6. The number of halogens is 1. The van der Waals surface area contributed by atoms with Crippen LogP contribution in [0.2, 0.25) is 0 Å². The van der Waals surface area contributed by atoms with Crippen LogP contribution in [0.1, 0.15) is 58.3 Å². The molecule has 9 heteroatoms. The number of amides is 3. The molecule has 8 nitrogen and oxygen atoms in total. The van der Waals surface area contributed by atoms with Crippen molar-refractivity contribution < 1.29 is 19.1 Å². The summed E-state index contributed by atoms with van der Waals surface area (Å²) in [5.74, 6) is -1.23. The van der Waals surface area contributed by atoms with Crippen LogP contribution in [0.4, 0.5) is 5.69 Å². The van der Waals surface area contributed by atoms with Gasteiger partial charge in [0.15, 0.2) is 0 Å². The van der Waals surface area contributed by atoms with Gasteiger partial charge < -0.3 is 25.2 Å². The molecule has 40 heavy (non-hydrogen) atoms. The number of hydrogen-bond acceptors (Lipinski definition) is 5. The SMILES string of the molecule is C[C@@H]1CCCN(CCCN2C(=O)[C@@H]3[C@H](C(=O)Nc4ccc(Br)cc4)[C@@H]4C=C[C@@]3(O4)[C@H]2C(=O)NC2CCCCC2)C1. The Morgan fingerprint density at radius 1 is 1.05 bits per heavy atom. The highest BCUT2D eigenvalue weighted by Gasteiger charge is 2.72. The van der Waals surface area contributed by atoms with Gasteiger partial charge in [-0.15, -0.1) is 0 Å². The Hall–Kier alpha value is -2.23. The molecule has 2 bridgehead atoms. The van der Waals surface area contributed by atoms with E-state index in [9.17, 15) is 14.4 Å². The molecule has 6 atom stereocenters. The van der Waals surface area contributed by atoms with E-state index in [1.54, 1.807) is 4.90 Å². The van der Waals surface area contributed by atoms with Crippen LogP contribution in [-0.4, -0.2) is 77.5 Å². The van der Waals surface area contributed by atoms with Gasteiger partial charge in [-0.2, -0.15) is 0 Å². The highest BCUT2D eigenvalue weighted by molar-refractivity contribution is 9.10. The third-order valence-corrected chi connectivity index (χ3v) is 10.1. The predicted molar refractivity (Wildman–Crippen MR) is 156 cm³/mol. The van der Waals surface area contributed by atoms with Crippen molar-refractivity contribution in [3.8, 4) is 0 Å². The Morgan fingerprint density at radius 3 is 2.58 bits per heavy atom. The Balaban J connectivity index is 1.23. The monoisotopic (exact) mass is 612 g/mol. The van der Waals surface area contributed by atoms with Gasteiger partial charge in [0, 0.05) is 29.3 Å². The molecular formula is C31H41BrN4O4. The number of nitrogens with one attached hydrogen (secondary N) is 2. The first-order valence-corrected chi connectivity index (χ1v) is 15.9. The molecule has 2 N–H and O–H groups in total. The summed E-state index contributed by atoms with van der Waals surface area (Å²) < 4.78 is 7.41. The lowest BCUT2D eigenvalue weighted by Gasteiger charge is -2.35. The standard InChI is InChI=1S/C31H41BrN4O4/c1-20-7-5-16-35(19-20)17-6-18-36-27(29(38)34-22-8-3-2-4-9-22)31-15-14-24(40-31)25(26(31)30(36)39)28(37)33-23-12-10-21(32)11-13-23/h10-15,20,22,24-27H,2-9,16-19H2,1H3,(H,33,37)(H,34,38)/t20-,24+,25-,26+,27-,31+/m1/s1. The summed E-state index contributed by atoms with van der Waals surface area (Å²) in [5, 5.41) is 6.26. The lowest BCUT2D eigenvalue weighted by Crippen LogP contribution is -2.56. The molecule has 216 valence electrons. The van der Waals surface area contributed by atoms with E-state index in [-0.39, 0.29) is 23.8 Å². The molecule has 0 radical (unpaired) electrons. The van der Waals surface area contributed by atoms with Crippen molar-refractivity contribution in [1.82, 2.24) is 15.1 Å². The van der Waals surface area contributed by atoms with Gasteiger partial charge in [0.25, 0.3) is 0 Å². The van der Waals surface area contributed by atoms with Crippen LogP contribution >= 0.6 is 15.9 Å². The summed E-state index contributed by atoms with van der Waals surface area (Å²) in [7, 11) is 0. The lowest BCUT2D eigenvalue weighted by atomic mass is 9.74. The number of benzene rings is 1. The van der Waals surface area contributed by atoms with E-state index in [0.717, 1.165) is 56.2 Å². The first-order chi connectivity index (χ1) is 19.4. The van der Waals surface area contributed by atoms with E-state index in [1.807, 2.05) is 36.4 Å². The fourth-order valence-electron chi connectivity index (χ4n) is 7.75. The zero-order chi connectivity index (χ0) is 27.9. The van der Waals surface area contributed by atoms with E-state index in [4.69, 9.17) is 4.74 Å². The van der Waals surface area contributed by atoms with Crippen LogP contribution in [0.3, 0.4) is 0 Å². The molecule has 4 aliphatic heterocycles. The quantitative estimate of drug-likeness (QED) is 0.431. The van der Waals surface area contributed by atoms with Gasteiger partial charge in [-0.25, -0.2) is 0 Å². The molecule has 3 amide bonds. The first-order valence-electron chi connectivity index (χ1n) is 15.1. The van der Waals surface area contributed by atoms with Crippen molar-refractivity contribution >= 4 is 39.3 Å². The van der Waals surface area contributed by atoms with Gasteiger partial charge in [-0.3, -0.25) is 14.4 Å². The number of likely N-dealkylation sites (tertiary alicyclic amines) is 2. The molecule has 6 rings (SSSR count). The van der Waals surface area contributed by atoms with Crippen LogP contribution in [0.15, 0.2) is 40.9 Å². The Morgan fingerprint density at radius 2 is 1.82 bits per heavy atom. The number of piperidine rings is 1. The summed E-state index contributed by atoms with van der Waals surface area (Å²) in [6.07, 6.45) is 11.9. The molecule has 1 aromatic rings. The highest BCUT2D eigenvalue weighted by Crippen LogP contribution is 2.55. The summed E-state index contributed by atoms with van der Waals surface area (Å²) in [5.41, 5.74) is -0.444. The molecule has 5 aliphatic rings.